The molecule has 3 nitrogen and oxygen atoms in total. The van der Waals surface area contributed by atoms with Gasteiger partial charge in [-0.2, -0.15) is 0 Å². The van der Waals surface area contributed by atoms with E-state index < -0.39 is 0 Å². The highest BCUT2D eigenvalue weighted by Gasteiger charge is 2.45. The van der Waals surface area contributed by atoms with Crippen LogP contribution in [0.2, 0.25) is 0 Å². The van der Waals surface area contributed by atoms with E-state index in [-0.39, 0.29) is 0 Å². The van der Waals surface area contributed by atoms with E-state index >= 15 is 0 Å². The van der Waals surface area contributed by atoms with Crippen molar-refractivity contribution in [2.75, 3.05) is 39.8 Å². The summed E-state index contributed by atoms with van der Waals surface area (Å²) in [6, 6.07) is 1.74. The van der Waals surface area contributed by atoms with Crippen molar-refractivity contribution >= 4 is 0 Å². The molecule has 3 heterocycles. The molecule has 0 aliphatic carbocycles. The molecular weight excluding hydrogens is 210 g/mol. The van der Waals surface area contributed by atoms with E-state index in [2.05, 4.69) is 29.1 Å². The van der Waals surface area contributed by atoms with E-state index in [4.69, 9.17) is 0 Å². The maximum Gasteiger partial charge on any atom is 0.0140 e. The van der Waals surface area contributed by atoms with Gasteiger partial charge >= 0.3 is 0 Å². The van der Waals surface area contributed by atoms with Crippen molar-refractivity contribution in [1.82, 2.24) is 15.1 Å². The van der Waals surface area contributed by atoms with Gasteiger partial charge < -0.3 is 10.2 Å². The number of nitrogens with one attached hydrogen (secondary N) is 1. The molecular formula is C14H27N3. The Labute approximate surface area is 106 Å². The molecule has 17 heavy (non-hydrogen) atoms. The van der Waals surface area contributed by atoms with Gasteiger partial charge in [-0.15, -0.1) is 0 Å². The van der Waals surface area contributed by atoms with Gasteiger partial charge in [-0.25, -0.2) is 0 Å². The van der Waals surface area contributed by atoms with Crippen LogP contribution >= 0.6 is 0 Å². The fourth-order valence-corrected chi connectivity index (χ4v) is 4.34. The number of likely N-dealkylation sites (tertiary alicyclic amines) is 2. The number of nitrogens with zero attached hydrogens (tertiary/aromatic N) is 2. The van der Waals surface area contributed by atoms with Crippen molar-refractivity contribution in [2.45, 2.75) is 38.3 Å². The Morgan fingerprint density at radius 3 is 2.65 bits per heavy atom. The Morgan fingerprint density at radius 2 is 1.94 bits per heavy atom. The summed E-state index contributed by atoms with van der Waals surface area (Å²) in [4.78, 5) is 5.36. The Hall–Kier alpha value is -0.120. The summed E-state index contributed by atoms with van der Waals surface area (Å²) >= 11 is 0. The number of rotatable bonds is 2. The minimum Gasteiger partial charge on any atom is -0.316 e. The molecule has 1 N–H and O–H groups in total. The topological polar surface area (TPSA) is 18.5 Å². The molecule has 0 aromatic rings. The van der Waals surface area contributed by atoms with Crippen molar-refractivity contribution in [2.24, 2.45) is 11.8 Å². The maximum absolute atomic E-state index is 3.58. The first-order chi connectivity index (χ1) is 8.29. The van der Waals surface area contributed by atoms with Crippen LogP contribution in [0.5, 0.6) is 0 Å². The van der Waals surface area contributed by atoms with Crippen LogP contribution < -0.4 is 5.32 Å². The van der Waals surface area contributed by atoms with Crippen LogP contribution in [0, 0.1) is 11.8 Å². The van der Waals surface area contributed by atoms with Crippen LogP contribution in [-0.4, -0.2) is 61.7 Å². The zero-order valence-electron chi connectivity index (χ0n) is 11.4. The lowest BCUT2D eigenvalue weighted by molar-refractivity contribution is 0.0966. The van der Waals surface area contributed by atoms with Crippen LogP contribution in [0.1, 0.15) is 26.2 Å². The van der Waals surface area contributed by atoms with E-state index in [1.165, 1.54) is 52.0 Å². The highest BCUT2D eigenvalue weighted by Crippen LogP contribution is 2.37. The van der Waals surface area contributed by atoms with Crippen molar-refractivity contribution < 1.29 is 0 Å². The lowest BCUT2D eigenvalue weighted by Crippen LogP contribution is -2.47. The second-order valence-electron chi connectivity index (χ2n) is 6.29. The summed E-state index contributed by atoms with van der Waals surface area (Å²) in [5.41, 5.74) is 0. The SMILES string of the molecule is CCC1C2CNCC2CN1C1CCN(C)CC1. The second-order valence-corrected chi connectivity index (χ2v) is 6.29. The summed E-state index contributed by atoms with van der Waals surface area (Å²) < 4.78 is 0. The van der Waals surface area contributed by atoms with Crippen molar-refractivity contribution in [3.8, 4) is 0 Å². The molecule has 0 saturated carbocycles. The zero-order valence-corrected chi connectivity index (χ0v) is 11.4. The Kier molecular flexibility index (Phi) is 3.42. The Morgan fingerprint density at radius 1 is 1.18 bits per heavy atom. The third-order valence-electron chi connectivity index (χ3n) is 5.33. The second kappa shape index (κ2) is 4.87. The van der Waals surface area contributed by atoms with Gasteiger partial charge in [0.2, 0.25) is 0 Å². The molecule has 3 unspecified atom stereocenters. The summed E-state index contributed by atoms with van der Waals surface area (Å²) in [5.74, 6) is 1.89. The van der Waals surface area contributed by atoms with Crippen molar-refractivity contribution in [3.05, 3.63) is 0 Å². The van der Waals surface area contributed by atoms with E-state index in [1.54, 1.807) is 0 Å². The number of piperidine rings is 1. The molecule has 98 valence electrons. The molecule has 3 saturated heterocycles. The minimum atomic E-state index is 0.864. The van der Waals surface area contributed by atoms with Crippen LogP contribution in [0.4, 0.5) is 0 Å². The molecule has 0 radical (unpaired) electrons. The average molecular weight is 237 g/mol. The third kappa shape index (κ3) is 2.13. The van der Waals surface area contributed by atoms with Gasteiger partial charge in [-0.05, 0) is 64.3 Å². The largest absolute Gasteiger partial charge is 0.316 e. The van der Waals surface area contributed by atoms with Crippen LogP contribution in [0.15, 0.2) is 0 Å². The molecule has 0 amide bonds. The first-order valence-corrected chi connectivity index (χ1v) is 7.44. The predicted molar refractivity (Wildman–Crippen MR) is 71.2 cm³/mol. The van der Waals surface area contributed by atoms with Crippen LogP contribution in [-0.2, 0) is 0 Å². The fraction of sp³-hybridized carbons (Fsp3) is 1.00. The molecule has 0 spiro atoms. The van der Waals surface area contributed by atoms with E-state index in [1.807, 2.05) is 0 Å². The summed E-state index contributed by atoms with van der Waals surface area (Å²) in [6.45, 7) is 8.88. The number of hydrogen-bond acceptors (Lipinski definition) is 3. The Balaban J connectivity index is 1.66. The molecule has 3 heteroatoms. The predicted octanol–water partition coefficient (Wildman–Crippen LogP) is 1.01. The van der Waals surface area contributed by atoms with Crippen LogP contribution in [0.25, 0.3) is 0 Å². The molecule has 0 aromatic carbocycles. The van der Waals surface area contributed by atoms with E-state index in [0.717, 1.165) is 23.9 Å². The van der Waals surface area contributed by atoms with E-state index in [9.17, 15) is 0 Å². The van der Waals surface area contributed by atoms with Crippen molar-refractivity contribution in [3.63, 3.8) is 0 Å². The minimum absolute atomic E-state index is 0.864. The molecule has 3 atom stereocenters. The van der Waals surface area contributed by atoms with Gasteiger partial charge in [0.15, 0.2) is 0 Å². The standard InChI is InChI=1S/C14H27N3/c1-3-14-13-9-15-8-11(13)10-17(14)12-4-6-16(2)7-5-12/h11-15H,3-10H2,1-2H3. The maximum atomic E-state index is 3.58. The first kappa shape index (κ1) is 11.9. The highest BCUT2D eigenvalue weighted by molar-refractivity contribution is 5.00. The van der Waals surface area contributed by atoms with Gasteiger partial charge in [0.05, 0.1) is 0 Å². The highest BCUT2D eigenvalue weighted by atomic mass is 15.3. The molecule has 3 aliphatic rings. The summed E-state index contributed by atoms with van der Waals surface area (Å²) in [6.07, 6.45) is 4.12. The van der Waals surface area contributed by atoms with Gasteiger partial charge in [0.25, 0.3) is 0 Å². The van der Waals surface area contributed by atoms with Gasteiger partial charge in [0.1, 0.15) is 0 Å². The quantitative estimate of drug-likeness (QED) is 0.773. The summed E-state index contributed by atoms with van der Waals surface area (Å²) in [7, 11) is 2.26. The molecule has 0 aromatic heterocycles. The van der Waals surface area contributed by atoms with Crippen LogP contribution in [0.3, 0.4) is 0 Å². The summed E-state index contributed by atoms with van der Waals surface area (Å²) in [5, 5.41) is 3.58. The molecule has 3 rings (SSSR count). The normalized spacial score (nSPS) is 40.9. The average Bonchev–Trinajstić information content (AvgIpc) is 2.89. The third-order valence-corrected chi connectivity index (χ3v) is 5.33. The lowest BCUT2D eigenvalue weighted by atomic mass is 9.92. The Bertz CT molecular complexity index is 260. The molecule has 0 bridgehead atoms. The zero-order chi connectivity index (χ0) is 11.8. The van der Waals surface area contributed by atoms with E-state index in [0.29, 0.717) is 0 Å². The smallest absolute Gasteiger partial charge is 0.0140 e. The van der Waals surface area contributed by atoms with Gasteiger partial charge in [-0.1, -0.05) is 6.92 Å². The first-order valence-electron chi connectivity index (χ1n) is 7.44. The van der Waals surface area contributed by atoms with Crippen molar-refractivity contribution in [1.29, 1.82) is 0 Å². The fourth-order valence-electron chi connectivity index (χ4n) is 4.34. The number of hydrogen-bond donors (Lipinski definition) is 1. The molecule has 3 fully saturated rings. The van der Waals surface area contributed by atoms with Gasteiger partial charge in [0, 0.05) is 18.6 Å². The van der Waals surface area contributed by atoms with Gasteiger partial charge in [-0.3, -0.25) is 4.90 Å². The number of fused-ring (bicyclic) bond motifs is 1. The lowest BCUT2D eigenvalue weighted by Gasteiger charge is -2.39. The monoisotopic (exact) mass is 237 g/mol. The molecule has 3 aliphatic heterocycles.